The molecule has 3 aliphatic heterocycles. The van der Waals surface area contributed by atoms with E-state index in [4.69, 9.17) is 0 Å². The Kier molecular flexibility index (Phi) is 7.30. The Labute approximate surface area is 380 Å². The van der Waals surface area contributed by atoms with Gasteiger partial charge in [0, 0.05) is 60.4 Å². The number of nitrogens with zero attached hydrogens (tertiary/aromatic N) is 4. The zero-order valence-corrected chi connectivity index (χ0v) is 35.9. The number of benzene rings is 9. The third-order valence-electron chi connectivity index (χ3n) is 14.7. The Balaban J connectivity index is 0.916. The van der Waals surface area contributed by atoms with E-state index in [-0.39, 0.29) is 12.0 Å². The second-order valence-electron chi connectivity index (χ2n) is 18.1. The highest BCUT2D eigenvalue weighted by molar-refractivity contribution is 6.13. The lowest BCUT2D eigenvalue weighted by atomic mass is 9.89. The first kappa shape index (κ1) is 35.8. The molecule has 2 atom stereocenters. The van der Waals surface area contributed by atoms with Crippen molar-refractivity contribution < 1.29 is 0 Å². The van der Waals surface area contributed by atoms with Crippen molar-refractivity contribution in [2.45, 2.75) is 12.0 Å². The van der Waals surface area contributed by atoms with Gasteiger partial charge in [0.05, 0.1) is 45.1 Å². The first-order valence-corrected chi connectivity index (χ1v) is 23.0. The maximum Gasteiger partial charge on any atom is 0.0706 e. The van der Waals surface area contributed by atoms with Crippen LogP contribution in [-0.2, 0) is 0 Å². The Hall–Kier alpha value is -8.60. The highest BCUT2D eigenvalue weighted by Gasteiger charge is 2.46. The van der Waals surface area contributed by atoms with Crippen molar-refractivity contribution in [2.24, 2.45) is 0 Å². The van der Waals surface area contributed by atoms with E-state index in [1.807, 2.05) is 0 Å². The van der Waals surface area contributed by atoms with Crippen LogP contribution in [0.3, 0.4) is 0 Å². The summed E-state index contributed by atoms with van der Waals surface area (Å²) in [7, 11) is 0. The van der Waals surface area contributed by atoms with Gasteiger partial charge >= 0.3 is 0 Å². The first-order chi connectivity index (χ1) is 32.8. The highest BCUT2D eigenvalue weighted by atomic mass is 15.2. The van der Waals surface area contributed by atoms with Crippen LogP contribution in [0.2, 0.25) is 0 Å². The lowest BCUT2D eigenvalue weighted by molar-refractivity contribution is 0.576. The number of rotatable bonds is 5. The molecule has 66 heavy (non-hydrogen) atoms. The van der Waals surface area contributed by atoms with Gasteiger partial charge in [-0.05, 0) is 125 Å². The minimum Gasteiger partial charge on any atom is -0.331 e. The largest absolute Gasteiger partial charge is 0.331 e. The molecule has 3 aliphatic rings. The molecule has 308 valence electrons. The number of hydrogen-bond acceptors (Lipinski definition) is 1. The number of para-hydroxylation sites is 4. The summed E-state index contributed by atoms with van der Waals surface area (Å²) in [5, 5.41) is 10.3. The SMILES string of the molecule is C1=CC2C3C(=c4c5ccccc5c(n42)=C1)N(c1ccccc1)c1ccc(-c2ccc4c(c2)c2cc(-c5ccc6c(c5)c5ccccc5n6-c5ccccc5)ccc2n4-c2ccccc2)cc13. The molecule has 0 spiro atoms. The normalized spacial score (nSPS) is 15.9. The van der Waals surface area contributed by atoms with E-state index >= 15 is 0 Å². The van der Waals surface area contributed by atoms with Crippen LogP contribution in [-0.4, -0.2) is 13.7 Å². The summed E-state index contributed by atoms with van der Waals surface area (Å²) < 4.78 is 7.42. The highest BCUT2D eigenvalue weighted by Crippen LogP contribution is 2.56. The number of allylic oxidation sites excluding steroid dienone is 2. The molecule has 9 aromatic carbocycles. The van der Waals surface area contributed by atoms with Crippen LogP contribution in [0, 0.1) is 0 Å². The molecule has 4 nitrogen and oxygen atoms in total. The monoisotopic (exact) mass is 840 g/mol. The molecule has 2 unspecified atom stereocenters. The van der Waals surface area contributed by atoms with Crippen LogP contribution in [0.25, 0.3) is 99.8 Å². The fourth-order valence-electron chi connectivity index (χ4n) is 11.9. The van der Waals surface area contributed by atoms with Crippen LogP contribution in [0.4, 0.5) is 11.4 Å². The molecule has 0 N–H and O–H groups in total. The molecule has 3 aromatic heterocycles. The van der Waals surface area contributed by atoms with Crippen LogP contribution in [0.5, 0.6) is 0 Å². The Morgan fingerprint density at radius 3 is 1.44 bits per heavy atom. The first-order valence-electron chi connectivity index (χ1n) is 23.0. The van der Waals surface area contributed by atoms with Gasteiger partial charge in [-0.25, -0.2) is 0 Å². The summed E-state index contributed by atoms with van der Waals surface area (Å²) in [6.45, 7) is 0. The van der Waals surface area contributed by atoms with E-state index in [1.54, 1.807) is 0 Å². The summed E-state index contributed by atoms with van der Waals surface area (Å²) in [4.78, 5) is 2.54. The third kappa shape index (κ3) is 4.87. The minimum atomic E-state index is 0.189. The zero-order chi connectivity index (χ0) is 43.0. The number of anilines is 2. The minimum absolute atomic E-state index is 0.189. The Morgan fingerprint density at radius 2 is 0.833 bits per heavy atom. The smallest absolute Gasteiger partial charge is 0.0706 e. The molecule has 0 fully saturated rings. The summed E-state index contributed by atoms with van der Waals surface area (Å²) in [5.41, 5.74) is 17.2. The number of hydrogen-bond donors (Lipinski definition) is 0. The Bertz CT molecular complexity index is 4170. The molecule has 6 heterocycles. The van der Waals surface area contributed by atoms with Gasteiger partial charge in [-0.3, -0.25) is 0 Å². The van der Waals surface area contributed by atoms with Crippen molar-refractivity contribution in [1.82, 2.24) is 13.7 Å². The topological polar surface area (TPSA) is 18.0 Å². The van der Waals surface area contributed by atoms with E-state index in [9.17, 15) is 0 Å². The Morgan fingerprint density at radius 1 is 0.364 bits per heavy atom. The molecule has 0 amide bonds. The van der Waals surface area contributed by atoms with E-state index < -0.39 is 0 Å². The van der Waals surface area contributed by atoms with Crippen molar-refractivity contribution in [1.29, 1.82) is 0 Å². The van der Waals surface area contributed by atoms with Gasteiger partial charge in [-0.15, -0.1) is 0 Å². The lowest BCUT2D eigenvalue weighted by Gasteiger charge is -2.22. The maximum atomic E-state index is 2.61. The summed E-state index contributed by atoms with van der Waals surface area (Å²) in [6, 6.07) is 78.7. The second kappa shape index (κ2) is 13.5. The van der Waals surface area contributed by atoms with Crippen molar-refractivity contribution in [3.63, 3.8) is 0 Å². The van der Waals surface area contributed by atoms with E-state index in [1.165, 1.54) is 116 Å². The molecular formula is C62H40N4. The molecule has 0 bridgehead atoms. The average molecular weight is 841 g/mol. The van der Waals surface area contributed by atoms with E-state index in [0.29, 0.717) is 0 Å². The van der Waals surface area contributed by atoms with Crippen LogP contribution < -0.4 is 15.6 Å². The summed E-state index contributed by atoms with van der Waals surface area (Å²) >= 11 is 0. The summed E-state index contributed by atoms with van der Waals surface area (Å²) in [6.07, 6.45) is 6.99. The predicted molar refractivity (Wildman–Crippen MR) is 275 cm³/mol. The third-order valence-corrected chi connectivity index (χ3v) is 14.7. The lowest BCUT2D eigenvalue weighted by Crippen LogP contribution is -2.29. The fourth-order valence-corrected chi connectivity index (χ4v) is 11.9. The predicted octanol–water partition coefficient (Wildman–Crippen LogP) is 14.1. The van der Waals surface area contributed by atoms with Crippen LogP contribution >= 0.6 is 0 Å². The van der Waals surface area contributed by atoms with Crippen molar-refractivity contribution in [3.8, 4) is 33.6 Å². The standard InChI is InChI=1S/C62H40N4/c1-4-15-43(16-5-1)63-53-24-13-12-22-47(53)49-35-39(27-31-55(49)63)40-28-32-56-50(36-40)51-37-41(29-33-57(51)64(56)44-17-6-2-7-18-44)42-30-34-58-52(38-42)60-59-26-14-25-54-46-21-10-11-23-48(46)61(66(54)59)62(60)65(58)45-19-8-3-9-20-45/h1-38,59-60H. The number of fused-ring (bicyclic) bond motifs is 13. The van der Waals surface area contributed by atoms with Gasteiger partial charge in [-0.2, -0.15) is 0 Å². The van der Waals surface area contributed by atoms with Crippen LogP contribution in [0.15, 0.2) is 224 Å². The van der Waals surface area contributed by atoms with E-state index in [0.717, 1.165) is 5.69 Å². The molecule has 0 saturated carbocycles. The van der Waals surface area contributed by atoms with Gasteiger partial charge in [0.15, 0.2) is 0 Å². The van der Waals surface area contributed by atoms with Gasteiger partial charge in [-0.1, -0.05) is 133 Å². The van der Waals surface area contributed by atoms with Crippen molar-refractivity contribution >= 4 is 77.5 Å². The summed E-state index contributed by atoms with van der Waals surface area (Å²) in [5.74, 6) is 0.189. The second-order valence-corrected chi connectivity index (χ2v) is 18.1. The van der Waals surface area contributed by atoms with Gasteiger partial charge < -0.3 is 18.6 Å². The molecule has 15 rings (SSSR count). The molecule has 0 saturated heterocycles. The molecular weight excluding hydrogens is 801 g/mol. The zero-order valence-electron chi connectivity index (χ0n) is 35.9. The van der Waals surface area contributed by atoms with E-state index in [2.05, 4.69) is 249 Å². The molecule has 0 aliphatic carbocycles. The van der Waals surface area contributed by atoms with Crippen LogP contribution in [0.1, 0.15) is 17.5 Å². The quantitative estimate of drug-likeness (QED) is 0.169. The van der Waals surface area contributed by atoms with Crippen molar-refractivity contribution in [3.05, 3.63) is 241 Å². The van der Waals surface area contributed by atoms with Crippen molar-refractivity contribution in [2.75, 3.05) is 4.90 Å². The molecule has 4 heteroatoms. The molecule has 0 radical (unpaired) electrons. The van der Waals surface area contributed by atoms with Gasteiger partial charge in [0.2, 0.25) is 0 Å². The molecule has 12 aromatic rings. The number of aromatic nitrogens is 3. The maximum absolute atomic E-state index is 2.61. The average Bonchev–Trinajstić information content (AvgIpc) is 4.17. The van der Waals surface area contributed by atoms with Gasteiger partial charge in [0.1, 0.15) is 0 Å². The fraction of sp³-hybridized carbons (Fsp3) is 0.0323. The van der Waals surface area contributed by atoms with Gasteiger partial charge in [0.25, 0.3) is 0 Å².